The number of cyclic esters (lactones) is 1. The van der Waals surface area contributed by atoms with Gasteiger partial charge in [0, 0.05) is 6.54 Å². The monoisotopic (exact) mass is 129 g/mol. The van der Waals surface area contributed by atoms with Gasteiger partial charge in [-0.3, -0.25) is 4.79 Å². The van der Waals surface area contributed by atoms with E-state index in [0.29, 0.717) is 13.2 Å². The Balaban J connectivity index is 2.39. The van der Waals surface area contributed by atoms with Crippen molar-refractivity contribution in [2.45, 2.75) is 12.8 Å². The molecule has 1 unspecified atom stereocenters. The topological polar surface area (TPSA) is 52.3 Å². The molecule has 3 heteroatoms. The number of carbonyl (C=O) groups is 1. The molecule has 1 saturated heterocycles. The van der Waals surface area contributed by atoms with Crippen LogP contribution in [0.5, 0.6) is 0 Å². The van der Waals surface area contributed by atoms with E-state index in [4.69, 9.17) is 10.5 Å². The van der Waals surface area contributed by atoms with Crippen LogP contribution >= 0.6 is 0 Å². The number of hydrogen-bond donors (Lipinski definition) is 1. The van der Waals surface area contributed by atoms with Crippen LogP contribution in [0.2, 0.25) is 0 Å². The zero-order valence-corrected chi connectivity index (χ0v) is 5.30. The molecule has 9 heavy (non-hydrogen) atoms. The highest BCUT2D eigenvalue weighted by atomic mass is 16.5. The zero-order chi connectivity index (χ0) is 6.69. The SMILES string of the molecule is NCC1CCCOC1=O. The van der Waals surface area contributed by atoms with Crippen LogP contribution in [0, 0.1) is 5.92 Å². The maximum atomic E-state index is 10.7. The second kappa shape index (κ2) is 2.82. The van der Waals surface area contributed by atoms with Gasteiger partial charge in [0.05, 0.1) is 12.5 Å². The second-order valence-electron chi connectivity index (χ2n) is 2.24. The minimum absolute atomic E-state index is 0.0289. The molecule has 1 heterocycles. The zero-order valence-electron chi connectivity index (χ0n) is 5.30. The molecular formula is C6H11NO2. The van der Waals surface area contributed by atoms with Crippen LogP contribution in [-0.2, 0) is 9.53 Å². The summed E-state index contributed by atoms with van der Waals surface area (Å²) in [6, 6.07) is 0. The van der Waals surface area contributed by atoms with Crippen molar-refractivity contribution in [3.05, 3.63) is 0 Å². The normalized spacial score (nSPS) is 27.7. The first-order valence-corrected chi connectivity index (χ1v) is 3.21. The van der Waals surface area contributed by atoms with Gasteiger partial charge in [0.25, 0.3) is 0 Å². The number of rotatable bonds is 1. The maximum absolute atomic E-state index is 10.7. The quantitative estimate of drug-likeness (QED) is 0.503. The molecule has 0 saturated carbocycles. The molecule has 1 fully saturated rings. The predicted molar refractivity (Wildman–Crippen MR) is 32.7 cm³/mol. The van der Waals surface area contributed by atoms with Crippen molar-refractivity contribution in [3.63, 3.8) is 0 Å². The van der Waals surface area contributed by atoms with Crippen molar-refractivity contribution in [2.24, 2.45) is 11.7 Å². The molecule has 0 radical (unpaired) electrons. The summed E-state index contributed by atoms with van der Waals surface area (Å²) in [5.74, 6) is -0.150. The van der Waals surface area contributed by atoms with Crippen LogP contribution in [0.1, 0.15) is 12.8 Å². The third kappa shape index (κ3) is 1.42. The third-order valence-electron chi connectivity index (χ3n) is 1.56. The molecule has 0 spiro atoms. The minimum atomic E-state index is -0.122. The standard InChI is InChI=1S/C6H11NO2/c7-4-5-2-1-3-9-6(5)8/h5H,1-4,7H2. The number of esters is 1. The van der Waals surface area contributed by atoms with Crippen molar-refractivity contribution in [1.82, 2.24) is 0 Å². The first-order valence-electron chi connectivity index (χ1n) is 3.21. The van der Waals surface area contributed by atoms with E-state index in [0.717, 1.165) is 12.8 Å². The molecule has 3 nitrogen and oxygen atoms in total. The van der Waals surface area contributed by atoms with Gasteiger partial charge in [-0.2, -0.15) is 0 Å². The van der Waals surface area contributed by atoms with Gasteiger partial charge < -0.3 is 10.5 Å². The Bertz CT molecular complexity index is 114. The molecule has 0 aromatic rings. The van der Waals surface area contributed by atoms with Gasteiger partial charge in [0.1, 0.15) is 0 Å². The van der Waals surface area contributed by atoms with Gasteiger partial charge >= 0.3 is 5.97 Å². The fourth-order valence-corrected chi connectivity index (χ4v) is 0.952. The largest absolute Gasteiger partial charge is 0.465 e. The van der Waals surface area contributed by atoms with Gasteiger partial charge in [0.15, 0.2) is 0 Å². The summed E-state index contributed by atoms with van der Waals surface area (Å²) in [7, 11) is 0. The summed E-state index contributed by atoms with van der Waals surface area (Å²) in [4.78, 5) is 10.7. The first kappa shape index (κ1) is 6.55. The summed E-state index contributed by atoms with van der Waals surface area (Å²) in [5, 5.41) is 0. The molecule has 1 atom stereocenters. The van der Waals surface area contributed by atoms with E-state index in [-0.39, 0.29) is 11.9 Å². The molecule has 1 rings (SSSR count). The molecule has 2 N–H and O–H groups in total. The van der Waals surface area contributed by atoms with Gasteiger partial charge in [-0.15, -0.1) is 0 Å². The Labute approximate surface area is 54.2 Å². The van der Waals surface area contributed by atoms with Gasteiger partial charge in [0.2, 0.25) is 0 Å². The molecule has 0 aromatic heterocycles. The molecular weight excluding hydrogens is 118 g/mol. The van der Waals surface area contributed by atoms with Crippen molar-refractivity contribution in [2.75, 3.05) is 13.2 Å². The van der Waals surface area contributed by atoms with Crippen LogP contribution in [0.4, 0.5) is 0 Å². The lowest BCUT2D eigenvalue weighted by Crippen LogP contribution is -2.29. The summed E-state index contributed by atoms with van der Waals surface area (Å²) in [6.45, 7) is 1.01. The molecule has 0 aromatic carbocycles. The van der Waals surface area contributed by atoms with E-state index in [1.807, 2.05) is 0 Å². The van der Waals surface area contributed by atoms with Crippen LogP contribution in [0.15, 0.2) is 0 Å². The van der Waals surface area contributed by atoms with Gasteiger partial charge in [-0.05, 0) is 12.8 Å². The molecule has 1 aliphatic rings. The average Bonchev–Trinajstić information content (AvgIpc) is 1.89. The maximum Gasteiger partial charge on any atom is 0.310 e. The lowest BCUT2D eigenvalue weighted by atomic mass is 10.0. The van der Waals surface area contributed by atoms with Crippen molar-refractivity contribution < 1.29 is 9.53 Å². The molecule has 0 bridgehead atoms. The van der Waals surface area contributed by atoms with Gasteiger partial charge in [-0.25, -0.2) is 0 Å². The summed E-state index contributed by atoms with van der Waals surface area (Å²) >= 11 is 0. The van der Waals surface area contributed by atoms with E-state index in [1.165, 1.54) is 0 Å². The Morgan fingerprint density at radius 3 is 3.00 bits per heavy atom. The Morgan fingerprint density at radius 2 is 2.56 bits per heavy atom. The number of hydrogen-bond acceptors (Lipinski definition) is 3. The number of carbonyl (C=O) groups excluding carboxylic acids is 1. The number of nitrogens with two attached hydrogens (primary N) is 1. The van der Waals surface area contributed by atoms with Crippen molar-refractivity contribution in [1.29, 1.82) is 0 Å². The molecule has 1 aliphatic heterocycles. The minimum Gasteiger partial charge on any atom is -0.465 e. The first-order chi connectivity index (χ1) is 4.34. The van der Waals surface area contributed by atoms with E-state index < -0.39 is 0 Å². The molecule has 52 valence electrons. The fourth-order valence-electron chi connectivity index (χ4n) is 0.952. The lowest BCUT2D eigenvalue weighted by Gasteiger charge is -2.18. The second-order valence-corrected chi connectivity index (χ2v) is 2.24. The van der Waals surface area contributed by atoms with Crippen LogP contribution in [-0.4, -0.2) is 19.1 Å². The molecule has 0 amide bonds. The Morgan fingerprint density at radius 1 is 1.78 bits per heavy atom. The highest BCUT2D eigenvalue weighted by molar-refractivity contribution is 5.73. The van der Waals surface area contributed by atoms with Crippen LogP contribution in [0.25, 0.3) is 0 Å². The third-order valence-corrected chi connectivity index (χ3v) is 1.56. The smallest absolute Gasteiger partial charge is 0.310 e. The van der Waals surface area contributed by atoms with Crippen LogP contribution < -0.4 is 5.73 Å². The van der Waals surface area contributed by atoms with Crippen LogP contribution in [0.3, 0.4) is 0 Å². The van der Waals surface area contributed by atoms with E-state index in [9.17, 15) is 4.79 Å². The highest BCUT2D eigenvalue weighted by Gasteiger charge is 2.21. The fraction of sp³-hybridized carbons (Fsp3) is 0.833. The predicted octanol–water partition coefficient (Wildman–Crippen LogP) is -0.102. The molecule has 0 aliphatic carbocycles. The highest BCUT2D eigenvalue weighted by Crippen LogP contribution is 2.12. The summed E-state index contributed by atoms with van der Waals surface area (Å²) in [5.41, 5.74) is 5.29. The Kier molecular flexibility index (Phi) is 2.05. The van der Waals surface area contributed by atoms with Crippen molar-refractivity contribution >= 4 is 5.97 Å². The Hall–Kier alpha value is -0.570. The summed E-state index contributed by atoms with van der Waals surface area (Å²) < 4.78 is 4.76. The van der Waals surface area contributed by atoms with E-state index in [2.05, 4.69) is 0 Å². The van der Waals surface area contributed by atoms with Gasteiger partial charge in [-0.1, -0.05) is 0 Å². The number of ether oxygens (including phenoxy) is 1. The van der Waals surface area contributed by atoms with E-state index >= 15 is 0 Å². The van der Waals surface area contributed by atoms with Crippen molar-refractivity contribution in [3.8, 4) is 0 Å². The average molecular weight is 129 g/mol. The van der Waals surface area contributed by atoms with E-state index in [1.54, 1.807) is 0 Å². The lowest BCUT2D eigenvalue weighted by molar-refractivity contribution is -0.152. The summed E-state index contributed by atoms with van der Waals surface area (Å²) in [6.07, 6.45) is 1.86.